The number of hydrogen-bond donors (Lipinski definition) is 2. The van der Waals surface area contributed by atoms with E-state index >= 15 is 0 Å². The molecule has 7 heteroatoms. The summed E-state index contributed by atoms with van der Waals surface area (Å²) < 4.78 is 15.7. The molecule has 4 unspecified atom stereocenters. The van der Waals surface area contributed by atoms with Crippen molar-refractivity contribution >= 4 is 37.2 Å². The van der Waals surface area contributed by atoms with Gasteiger partial charge in [-0.05, 0) is 26.7 Å². The van der Waals surface area contributed by atoms with Crippen LogP contribution in [0.2, 0.25) is 0 Å². The number of ether oxygens (including phenoxy) is 3. The van der Waals surface area contributed by atoms with E-state index < -0.39 is 10.5 Å². The molecule has 0 spiro atoms. The van der Waals surface area contributed by atoms with Crippen molar-refractivity contribution in [2.45, 2.75) is 63.2 Å². The minimum absolute atomic E-state index is 0.153. The van der Waals surface area contributed by atoms with E-state index in [9.17, 15) is 9.59 Å². The first-order valence-corrected chi connectivity index (χ1v) is 8.19. The first kappa shape index (κ1) is 20.6. The highest BCUT2D eigenvalue weighted by atomic mass is 32.1. The van der Waals surface area contributed by atoms with E-state index in [2.05, 4.69) is 25.3 Å². The van der Waals surface area contributed by atoms with Crippen LogP contribution in [0.3, 0.4) is 0 Å². The van der Waals surface area contributed by atoms with Crippen LogP contribution in [0.4, 0.5) is 0 Å². The molecule has 0 aromatic carbocycles. The Balaban J connectivity index is 3.89. The predicted octanol–water partition coefficient (Wildman–Crippen LogP) is 2.28. The van der Waals surface area contributed by atoms with E-state index in [1.54, 1.807) is 13.8 Å². The molecule has 0 aromatic heterocycles. The maximum Gasteiger partial charge on any atom is 0.319 e. The van der Waals surface area contributed by atoms with Crippen molar-refractivity contribution in [2.24, 2.45) is 0 Å². The third-order valence-electron chi connectivity index (χ3n) is 2.71. The summed E-state index contributed by atoms with van der Waals surface area (Å²) in [7, 11) is 0. The Morgan fingerprint density at radius 2 is 1.43 bits per heavy atom. The van der Waals surface area contributed by atoms with E-state index in [0.717, 1.165) is 0 Å². The van der Waals surface area contributed by atoms with Crippen molar-refractivity contribution < 1.29 is 23.8 Å². The average Bonchev–Trinajstić information content (AvgIpc) is 2.48. The Kier molecular flexibility index (Phi) is 11.0. The van der Waals surface area contributed by atoms with E-state index in [4.69, 9.17) is 14.2 Å². The van der Waals surface area contributed by atoms with Gasteiger partial charge in [0.15, 0.2) is 0 Å². The third-order valence-corrected chi connectivity index (χ3v) is 3.86. The van der Waals surface area contributed by atoms with Gasteiger partial charge in [0, 0.05) is 0 Å². The molecule has 0 rings (SSSR count). The van der Waals surface area contributed by atoms with E-state index in [1.807, 2.05) is 13.8 Å². The van der Waals surface area contributed by atoms with Crippen LogP contribution in [0.1, 0.15) is 40.5 Å². The van der Waals surface area contributed by atoms with Crippen LogP contribution < -0.4 is 0 Å². The molecule has 0 amide bonds. The molecule has 0 radical (unpaired) electrons. The topological polar surface area (TPSA) is 61.8 Å². The minimum Gasteiger partial charge on any atom is -0.462 e. The Bertz CT molecular complexity index is 324. The Morgan fingerprint density at radius 3 is 1.95 bits per heavy atom. The van der Waals surface area contributed by atoms with Crippen LogP contribution in [0.15, 0.2) is 0 Å². The highest BCUT2D eigenvalue weighted by molar-refractivity contribution is 7.82. The van der Waals surface area contributed by atoms with Crippen LogP contribution in [0.5, 0.6) is 0 Å². The van der Waals surface area contributed by atoms with Gasteiger partial charge < -0.3 is 14.2 Å². The Hall–Kier alpha value is -0.400. The van der Waals surface area contributed by atoms with Gasteiger partial charge in [0.1, 0.15) is 12.7 Å². The van der Waals surface area contributed by atoms with Crippen molar-refractivity contribution in [2.75, 3.05) is 13.2 Å². The number of esters is 2. The number of rotatable bonds is 10. The summed E-state index contributed by atoms with van der Waals surface area (Å²) >= 11 is 8.21. The zero-order chi connectivity index (χ0) is 16.4. The first-order valence-electron chi connectivity index (χ1n) is 7.16. The van der Waals surface area contributed by atoms with Crippen molar-refractivity contribution in [1.29, 1.82) is 0 Å². The molecule has 0 saturated heterocycles. The molecule has 0 aromatic rings. The van der Waals surface area contributed by atoms with Crippen molar-refractivity contribution in [3.63, 3.8) is 0 Å². The SMILES string of the molecule is CCC(S)C(=O)OCC(C)OCC(C)OC(=O)C(S)CC. The molecular weight excluding hydrogens is 312 g/mol. The number of thiol groups is 2. The highest BCUT2D eigenvalue weighted by Crippen LogP contribution is 2.07. The van der Waals surface area contributed by atoms with Gasteiger partial charge in [-0.1, -0.05) is 13.8 Å². The first-order chi connectivity index (χ1) is 9.81. The Labute approximate surface area is 137 Å². The Morgan fingerprint density at radius 1 is 0.905 bits per heavy atom. The second-order valence-electron chi connectivity index (χ2n) is 4.87. The van der Waals surface area contributed by atoms with Gasteiger partial charge in [0.05, 0.1) is 23.2 Å². The van der Waals surface area contributed by atoms with Gasteiger partial charge in [-0.3, -0.25) is 9.59 Å². The van der Waals surface area contributed by atoms with Crippen LogP contribution in [0.25, 0.3) is 0 Å². The fraction of sp³-hybridized carbons (Fsp3) is 0.857. The van der Waals surface area contributed by atoms with Gasteiger partial charge in [0.25, 0.3) is 0 Å². The van der Waals surface area contributed by atoms with Crippen LogP contribution in [-0.2, 0) is 23.8 Å². The van der Waals surface area contributed by atoms with E-state index in [1.165, 1.54) is 0 Å². The summed E-state index contributed by atoms with van der Waals surface area (Å²) in [5.74, 6) is -0.700. The van der Waals surface area contributed by atoms with Gasteiger partial charge in [-0.15, -0.1) is 0 Å². The monoisotopic (exact) mass is 338 g/mol. The summed E-state index contributed by atoms with van der Waals surface area (Å²) in [4.78, 5) is 23.0. The molecule has 21 heavy (non-hydrogen) atoms. The third kappa shape index (κ3) is 9.26. The molecule has 0 bridgehead atoms. The lowest BCUT2D eigenvalue weighted by Crippen LogP contribution is -2.29. The van der Waals surface area contributed by atoms with Gasteiger partial charge >= 0.3 is 11.9 Å². The molecule has 4 atom stereocenters. The lowest BCUT2D eigenvalue weighted by molar-refractivity contribution is -0.153. The zero-order valence-corrected chi connectivity index (χ0v) is 14.9. The molecule has 0 aliphatic carbocycles. The fourth-order valence-corrected chi connectivity index (χ4v) is 1.42. The number of hydrogen-bond acceptors (Lipinski definition) is 7. The molecule has 0 saturated carbocycles. The summed E-state index contributed by atoms with van der Waals surface area (Å²) in [6.07, 6.45) is 0.590. The van der Waals surface area contributed by atoms with E-state index in [-0.39, 0.29) is 37.4 Å². The van der Waals surface area contributed by atoms with Gasteiger partial charge in [-0.2, -0.15) is 25.3 Å². The smallest absolute Gasteiger partial charge is 0.319 e. The second kappa shape index (κ2) is 11.2. The minimum atomic E-state index is -0.410. The normalized spacial score (nSPS) is 16.7. The average molecular weight is 338 g/mol. The predicted molar refractivity (Wildman–Crippen MR) is 88.1 cm³/mol. The molecular formula is C14H26O5S2. The lowest BCUT2D eigenvalue weighted by Gasteiger charge is -2.19. The maximum atomic E-state index is 11.5. The fourth-order valence-electron chi connectivity index (χ4n) is 1.29. The van der Waals surface area contributed by atoms with Gasteiger partial charge in [-0.25, -0.2) is 0 Å². The highest BCUT2D eigenvalue weighted by Gasteiger charge is 2.18. The molecule has 0 heterocycles. The number of carbonyl (C=O) groups is 2. The molecule has 0 N–H and O–H groups in total. The van der Waals surface area contributed by atoms with Gasteiger partial charge in [0.2, 0.25) is 0 Å². The van der Waals surface area contributed by atoms with Crippen molar-refractivity contribution in [3.8, 4) is 0 Å². The van der Waals surface area contributed by atoms with Crippen LogP contribution >= 0.6 is 25.3 Å². The molecule has 5 nitrogen and oxygen atoms in total. The van der Waals surface area contributed by atoms with Crippen LogP contribution in [-0.4, -0.2) is 47.9 Å². The summed E-state index contributed by atoms with van der Waals surface area (Å²) in [6.45, 7) is 7.65. The second-order valence-corrected chi connectivity index (χ2v) is 6.12. The lowest BCUT2D eigenvalue weighted by atomic mass is 10.3. The molecule has 0 fully saturated rings. The number of carbonyl (C=O) groups excluding carboxylic acids is 2. The molecule has 124 valence electrons. The summed E-state index contributed by atoms with van der Waals surface area (Å²) in [5.41, 5.74) is 0. The zero-order valence-electron chi connectivity index (χ0n) is 13.1. The van der Waals surface area contributed by atoms with Crippen molar-refractivity contribution in [3.05, 3.63) is 0 Å². The van der Waals surface area contributed by atoms with Crippen LogP contribution in [0, 0.1) is 0 Å². The van der Waals surface area contributed by atoms with Crippen molar-refractivity contribution in [1.82, 2.24) is 0 Å². The standard InChI is InChI=1S/C14H26O5S2/c1-5-11(20)13(15)18-7-9(3)17-8-10(4)19-14(16)12(21)6-2/h9-12,20-21H,5-8H2,1-4H3. The quantitative estimate of drug-likeness (QED) is 0.473. The summed E-state index contributed by atoms with van der Waals surface area (Å²) in [5, 5.41) is -0.814. The summed E-state index contributed by atoms with van der Waals surface area (Å²) in [6, 6.07) is 0. The largest absolute Gasteiger partial charge is 0.462 e. The molecule has 0 aliphatic heterocycles. The molecule has 0 aliphatic rings. The maximum absolute atomic E-state index is 11.5. The van der Waals surface area contributed by atoms with E-state index in [0.29, 0.717) is 12.8 Å².